The molecule has 1 unspecified atom stereocenters. The van der Waals surface area contributed by atoms with Crippen molar-refractivity contribution >= 4 is 29.5 Å². The Kier molecular flexibility index (Phi) is 10.7. The van der Waals surface area contributed by atoms with Gasteiger partial charge >= 0.3 is 6.03 Å². The van der Waals surface area contributed by atoms with Crippen LogP contribution in [-0.2, 0) is 32.0 Å². The Morgan fingerprint density at radius 3 is 2.31 bits per heavy atom. The molecule has 1 aliphatic carbocycles. The molecule has 2 aliphatic rings. The molecule has 5 amide bonds. The summed E-state index contributed by atoms with van der Waals surface area (Å²) in [6, 6.07) is 4.86. The van der Waals surface area contributed by atoms with Crippen LogP contribution in [0.15, 0.2) is 36.9 Å². The van der Waals surface area contributed by atoms with Crippen LogP contribution in [0.25, 0.3) is 0 Å². The highest BCUT2D eigenvalue weighted by atomic mass is 16.2. The number of rotatable bonds is 12. The molecule has 3 rings (SSSR count). The van der Waals surface area contributed by atoms with E-state index in [4.69, 9.17) is 0 Å². The summed E-state index contributed by atoms with van der Waals surface area (Å²) in [7, 11) is 0. The number of benzene rings is 1. The lowest BCUT2D eigenvalue weighted by Gasteiger charge is -2.32. The summed E-state index contributed by atoms with van der Waals surface area (Å²) in [6.45, 7) is 9.58. The molecule has 10 heteroatoms. The second-order valence-corrected chi connectivity index (χ2v) is 10.6. The van der Waals surface area contributed by atoms with Crippen LogP contribution < -0.4 is 21.3 Å². The summed E-state index contributed by atoms with van der Waals surface area (Å²) in [6.07, 6.45) is 4.69. The third kappa shape index (κ3) is 7.68. The Balaban J connectivity index is 1.76. The number of carbonyl (C=O) groups excluding carboxylic acids is 5. The first-order valence-corrected chi connectivity index (χ1v) is 13.8. The second-order valence-electron chi connectivity index (χ2n) is 10.6. The highest BCUT2D eigenvalue weighted by molar-refractivity contribution is 6.38. The fourth-order valence-electron chi connectivity index (χ4n) is 5.37. The molecule has 3 atom stereocenters. The van der Waals surface area contributed by atoms with E-state index in [0.717, 1.165) is 11.1 Å². The molecule has 0 spiro atoms. The van der Waals surface area contributed by atoms with Crippen LogP contribution >= 0.6 is 0 Å². The van der Waals surface area contributed by atoms with Gasteiger partial charge in [-0.15, -0.1) is 6.58 Å². The van der Waals surface area contributed by atoms with E-state index in [0.29, 0.717) is 45.1 Å². The molecule has 0 radical (unpaired) electrons. The monoisotopic (exact) mass is 539 g/mol. The number of fused-ring (bicyclic) bond motifs is 1. The molecule has 1 heterocycles. The van der Waals surface area contributed by atoms with E-state index in [9.17, 15) is 24.0 Å². The number of hydrogen-bond acceptors (Lipinski definition) is 5. The standard InChI is InChI=1S/C29H41N5O5/c1-5-10-22(25(35)27(37)30-14-6-2)32-26(36)23-13-9-15-34(23)28(38)24(33-29(39)31-18(3)4)21-16-19-11-7-8-12-20(19)17-21/h6-8,11-12,18,21-24H,2,5,9-10,13-17H2,1,3-4H3,(H,30,37)(H,32,36)(H2,31,33,39)/t22?,23-,24-/m0/s1. The molecule has 4 N–H and O–H groups in total. The van der Waals surface area contributed by atoms with Crippen LogP contribution in [0.4, 0.5) is 4.79 Å². The maximum atomic E-state index is 14.0. The van der Waals surface area contributed by atoms with Crippen LogP contribution in [0.3, 0.4) is 0 Å². The van der Waals surface area contributed by atoms with Crippen LogP contribution in [0, 0.1) is 5.92 Å². The van der Waals surface area contributed by atoms with Gasteiger partial charge in [-0.2, -0.15) is 0 Å². The minimum Gasteiger partial charge on any atom is -0.346 e. The Labute approximate surface area is 230 Å². The molecule has 1 aromatic carbocycles. The number of carbonyl (C=O) groups is 5. The van der Waals surface area contributed by atoms with Crippen molar-refractivity contribution in [3.63, 3.8) is 0 Å². The van der Waals surface area contributed by atoms with E-state index in [2.05, 4.69) is 27.8 Å². The van der Waals surface area contributed by atoms with E-state index in [-0.39, 0.29) is 24.4 Å². The van der Waals surface area contributed by atoms with Crippen molar-refractivity contribution in [2.24, 2.45) is 5.92 Å². The van der Waals surface area contributed by atoms with E-state index in [1.54, 1.807) is 0 Å². The van der Waals surface area contributed by atoms with Gasteiger partial charge in [-0.25, -0.2) is 4.79 Å². The average Bonchev–Trinajstić information content (AvgIpc) is 3.56. The summed E-state index contributed by atoms with van der Waals surface area (Å²) >= 11 is 0. The zero-order valence-corrected chi connectivity index (χ0v) is 23.1. The largest absolute Gasteiger partial charge is 0.346 e. The van der Waals surface area contributed by atoms with Gasteiger partial charge in [0.15, 0.2) is 0 Å². The summed E-state index contributed by atoms with van der Waals surface area (Å²) < 4.78 is 0. The molecular formula is C29H41N5O5. The molecule has 0 saturated carbocycles. The smallest absolute Gasteiger partial charge is 0.315 e. The number of nitrogens with zero attached hydrogens (tertiary/aromatic N) is 1. The minimum absolute atomic E-state index is 0.108. The van der Waals surface area contributed by atoms with Gasteiger partial charge < -0.3 is 26.2 Å². The zero-order valence-electron chi connectivity index (χ0n) is 23.1. The number of amides is 5. The number of Topliss-reactive ketones (excluding diaryl/α,β-unsaturated/α-hetero) is 1. The molecule has 0 bridgehead atoms. The Morgan fingerprint density at radius 2 is 1.72 bits per heavy atom. The van der Waals surface area contributed by atoms with Crippen molar-refractivity contribution < 1.29 is 24.0 Å². The van der Waals surface area contributed by atoms with Gasteiger partial charge in [0, 0.05) is 19.1 Å². The van der Waals surface area contributed by atoms with Crippen molar-refractivity contribution in [2.75, 3.05) is 13.1 Å². The van der Waals surface area contributed by atoms with Crippen molar-refractivity contribution in [3.05, 3.63) is 48.0 Å². The van der Waals surface area contributed by atoms with Gasteiger partial charge in [0.25, 0.3) is 5.91 Å². The zero-order chi connectivity index (χ0) is 28.5. The van der Waals surface area contributed by atoms with Gasteiger partial charge in [-0.05, 0) is 63.0 Å². The fourth-order valence-corrected chi connectivity index (χ4v) is 5.37. The van der Waals surface area contributed by atoms with Gasteiger partial charge in [0.2, 0.25) is 17.6 Å². The minimum atomic E-state index is -0.986. The first kappa shape index (κ1) is 29.9. The summed E-state index contributed by atoms with van der Waals surface area (Å²) in [4.78, 5) is 66.5. The SMILES string of the molecule is C=CCNC(=O)C(=O)C(CCC)NC(=O)[C@@H]1CCCN1C(=O)[C@@H](NC(=O)NC(C)C)C1Cc2ccccc2C1. The average molecular weight is 540 g/mol. The van der Waals surface area contributed by atoms with Crippen LogP contribution in [0.1, 0.15) is 57.6 Å². The van der Waals surface area contributed by atoms with Crippen LogP contribution in [-0.4, -0.2) is 71.7 Å². The molecule has 1 fully saturated rings. The number of urea groups is 1. The number of hydrogen-bond donors (Lipinski definition) is 4. The van der Waals surface area contributed by atoms with E-state index < -0.39 is 41.8 Å². The number of nitrogens with one attached hydrogen (secondary N) is 4. The number of likely N-dealkylation sites (tertiary alicyclic amines) is 1. The van der Waals surface area contributed by atoms with Crippen LogP contribution in [0.2, 0.25) is 0 Å². The molecule has 1 aliphatic heterocycles. The van der Waals surface area contributed by atoms with E-state index in [1.807, 2.05) is 45.0 Å². The predicted octanol–water partition coefficient (Wildman–Crippen LogP) is 1.62. The third-order valence-corrected chi connectivity index (χ3v) is 7.21. The summed E-state index contributed by atoms with van der Waals surface area (Å²) in [5, 5.41) is 10.9. The quantitative estimate of drug-likeness (QED) is 0.236. The lowest BCUT2D eigenvalue weighted by molar-refractivity contribution is -0.143. The first-order chi connectivity index (χ1) is 18.7. The van der Waals surface area contributed by atoms with Crippen molar-refractivity contribution in [3.8, 4) is 0 Å². The lowest BCUT2D eigenvalue weighted by Crippen LogP contribution is -2.59. The topological polar surface area (TPSA) is 137 Å². The van der Waals surface area contributed by atoms with Gasteiger partial charge in [0.1, 0.15) is 12.1 Å². The molecule has 1 aromatic rings. The predicted molar refractivity (Wildman–Crippen MR) is 148 cm³/mol. The van der Waals surface area contributed by atoms with Crippen LogP contribution in [0.5, 0.6) is 0 Å². The Hall–Kier alpha value is -3.69. The lowest BCUT2D eigenvalue weighted by atomic mass is 9.94. The van der Waals surface area contributed by atoms with E-state index in [1.165, 1.54) is 11.0 Å². The highest BCUT2D eigenvalue weighted by Crippen LogP contribution is 2.31. The molecule has 10 nitrogen and oxygen atoms in total. The maximum absolute atomic E-state index is 14.0. The second kappa shape index (κ2) is 13.9. The molecular weight excluding hydrogens is 498 g/mol. The summed E-state index contributed by atoms with van der Waals surface area (Å²) in [5.74, 6) is -2.44. The van der Waals surface area contributed by atoms with Gasteiger partial charge in [-0.1, -0.05) is 43.7 Å². The third-order valence-electron chi connectivity index (χ3n) is 7.21. The first-order valence-electron chi connectivity index (χ1n) is 13.8. The molecule has 39 heavy (non-hydrogen) atoms. The summed E-state index contributed by atoms with van der Waals surface area (Å²) in [5.41, 5.74) is 2.30. The van der Waals surface area contributed by atoms with Crippen molar-refractivity contribution in [1.82, 2.24) is 26.2 Å². The maximum Gasteiger partial charge on any atom is 0.315 e. The van der Waals surface area contributed by atoms with Gasteiger partial charge in [0.05, 0.1) is 6.04 Å². The van der Waals surface area contributed by atoms with Crippen molar-refractivity contribution in [2.45, 2.75) is 83.5 Å². The van der Waals surface area contributed by atoms with Crippen molar-refractivity contribution in [1.29, 1.82) is 0 Å². The Morgan fingerprint density at radius 1 is 1.05 bits per heavy atom. The number of ketones is 1. The van der Waals surface area contributed by atoms with E-state index >= 15 is 0 Å². The Bertz CT molecular complexity index is 1060. The molecule has 0 aromatic heterocycles. The fraction of sp³-hybridized carbons (Fsp3) is 0.552. The molecule has 212 valence electrons. The van der Waals surface area contributed by atoms with Gasteiger partial charge in [-0.3, -0.25) is 19.2 Å². The highest BCUT2D eigenvalue weighted by Gasteiger charge is 2.42. The normalized spacial score (nSPS) is 18.2. The molecule has 1 saturated heterocycles.